The van der Waals surface area contributed by atoms with Gasteiger partial charge in [-0.15, -0.1) is 12.8 Å². The fourth-order valence-corrected chi connectivity index (χ4v) is 1.27. The third-order valence-electron chi connectivity index (χ3n) is 1.97. The fraction of sp³-hybridized carbons (Fsp3) is 0.333. The van der Waals surface area contributed by atoms with Crippen molar-refractivity contribution < 1.29 is 14.2 Å². The number of hydrogen-bond acceptors (Lipinski definition) is 3. The van der Waals surface area contributed by atoms with Gasteiger partial charge in [-0.2, -0.15) is 0 Å². The van der Waals surface area contributed by atoms with Gasteiger partial charge in [0.15, 0.2) is 0 Å². The van der Waals surface area contributed by atoms with Gasteiger partial charge in [0, 0.05) is 18.2 Å². The highest BCUT2D eigenvalue weighted by molar-refractivity contribution is 5.42. The van der Waals surface area contributed by atoms with E-state index in [0.29, 0.717) is 23.9 Å². The average Bonchev–Trinajstić information content (AvgIpc) is 2.40. The quantitative estimate of drug-likeness (QED) is 0.690. The Balaban J connectivity index is 2.82. The second-order valence-corrected chi connectivity index (χ2v) is 3.47. The van der Waals surface area contributed by atoms with Crippen molar-refractivity contribution in [3.63, 3.8) is 0 Å². The third-order valence-corrected chi connectivity index (χ3v) is 1.97. The Kier molecular flexibility index (Phi) is 6.08. The topological polar surface area (TPSA) is 27.7 Å². The Labute approximate surface area is 108 Å². The number of benzene rings is 1. The molecule has 0 unspecified atom stereocenters. The van der Waals surface area contributed by atoms with Crippen LogP contribution in [0.3, 0.4) is 0 Å². The van der Waals surface area contributed by atoms with E-state index in [1.807, 2.05) is 6.92 Å². The van der Waals surface area contributed by atoms with Gasteiger partial charge in [0.1, 0.15) is 30.5 Å². The molecule has 1 rings (SSSR count). The predicted octanol–water partition coefficient (Wildman–Crippen LogP) is 2.50. The van der Waals surface area contributed by atoms with Crippen LogP contribution in [0.1, 0.15) is 13.3 Å². The van der Waals surface area contributed by atoms with Crippen molar-refractivity contribution in [3.05, 3.63) is 18.2 Å². The summed E-state index contributed by atoms with van der Waals surface area (Å²) < 4.78 is 16.2. The van der Waals surface area contributed by atoms with Crippen LogP contribution in [-0.2, 0) is 0 Å². The van der Waals surface area contributed by atoms with Crippen molar-refractivity contribution in [2.24, 2.45) is 0 Å². The molecule has 94 valence electrons. The molecule has 0 amide bonds. The predicted molar refractivity (Wildman–Crippen MR) is 70.9 cm³/mol. The summed E-state index contributed by atoms with van der Waals surface area (Å²) in [6, 6.07) is 5.28. The molecule has 0 aliphatic heterocycles. The molecule has 3 nitrogen and oxygen atoms in total. The molecular formula is C15H16O3. The Morgan fingerprint density at radius 3 is 1.72 bits per heavy atom. The van der Waals surface area contributed by atoms with Crippen molar-refractivity contribution in [2.45, 2.75) is 13.3 Å². The molecule has 0 saturated heterocycles. The van der Waals surface area contributed by atoms with Crippen LogP contribution < -0.4 is 14.2 Å². The maximum Gasteiger partial charge on any atom is 0.148 e. The zero-order chi connectivity index (χ0) is 13.2. The van der Waals surface area contributed by atoms with E-state index in [4.69, 9.17) is 27.1 Å². The Bertz CT molecular complexity index is 416. The van der Waals surface area contributed by atoms with Gasteiger partial charge in [0.05, 0.1) is 6.61 Å². The second-order valence-electron chi connectivity index (χ2n) is 3.47. The van der Waals surface area contributed by atoms with E-state index in [9.17, 15) is 0 Å². The van der Waals surface area contributed by atoms with Gasteiger partial charge in [-0.25, -0.2) is 0 Å². The third kappa shape index (κ3) is 4.72. The van der Waals surface area contributed by atoms with Gasteiger partial charge in [-0.3, -0.25) is 0 Å². The molecule has 0 N–H and O–H groups in total. The lowest BCUT2D eigenvalue weighted by Crippen LogP contribution is -2.00. The van der Waals surface area contributed by atoms with Gasteiger partial charge in [0.2, 0.25) is 0 Å². The van der Waals surface area contributed by atoms with E-state index in [2.05, 4.69) is 11.8 Å². The lowest BCUT2D eigenvalue weighted by Gasteiger charge is -2.11. The molecule has 0 aliphatic carbocycles. The number of ether oxygens (including phenoxy) is 3. The van der Waals surface area contributed by atoms with E-state index >= 15 is 0 Å². The van der Waals surface area contributed by atoms with Crippen LogP contribution >= 0.6 is 0 Å². The highest BCUT2D eigenvalue weighted by Gasteiger charge is 2.04. The lowest BCUT2D eigenvalue weighted by atomic mass is 10.3. The van der Waals surface area contributed by atoms with Gasteiger partial charge < -0.3 is 14.2 Å². The normalized spacial score (nSPS) is 9.06. The molecule has 0 spiro atoms. The molecule has 0 radical (unpaired) electrons. The second kappa shape index (κ2) is 7.92. The Morgan fingerprint density at radius 1 is 0.889 bits per heavy atom. The molecule has 1 aromatic carbocycles. The summed E-state index contributed by atoms with van der Waals surface area (Å²) in [5.41, 5.74) is 0. The van der Waals surface area contributed by atoms with Crippen molar-refractivity contribution >= 4 is 0 Å². The summed E-state index contributed by atoms with van der Waals surface area (Å²) in [5, 5.41) is 0. The molecule has 0 fully saturated rings. The first-order valence-corrected chi connectivity index (χ1v) is 5.70. The van der Waals surface area contributed by atoms with Crippen molar-refractivity contribution in [2.75, 3.05) is 19.8 Å². The van der Waals surface area contributed by atoms with Gasteiger partial charge in [-0.05, 0) is 6.42 Å². The smallest absolute Gasteiger partial charge is 0.148 e. The SMILES string of the molecule is C#CCOc1cc(OCC#C)cc(OCCC)c1. The first-order valence-electron chi connectivity index (χ1n) is 5.70. The summed E-state index contributed by atoms with van der Waals surface area (Å²) in [4.78, 5) is 0. The summed E-state index contributed by atoms with van der Waals surface area (Å²) in [6.45, 7) is 3.07. The van der Waals surface area contributed by atoms with E-state index in [1.165, 1.54) is 0 Å². The number of hydrogen-bond donors (Lipinski definition) is 0. The van der Waals surface area contributed by atoms with Crippen LogP contribution in [-0.4, -0.2) is 19.8 Å². The molecule has 0 aliphatic rings. The van der Waals surface area contributed by atoms with Gasteiger partial charge >= 0.3 is 0 Å². The molecule has 18 heavy (non-hydrogen) atoms. The molecule has 0 aromatic heterocycles. The van der Waals surface area contributed by atoms with E-state index in [-0.39, 0.29) is 13.2 Å². The molecule has 0 atom stereocenters. The van der Waals surface area contributed by atoms with Crippen LogP contribution in [0.2, 0.25) is 0 Å². The summed E-state index contributed by atoms with van der Waals surface area (Å²) in [7, 11) is 0. The highest BCUT2D eigenvalue weighted by atomic mass is 16.5. The first-order chi connectivity index (χ1) is 8.80. The highest BCUT2D eigenvalue weighted by Crippen LogP contribution is 2.28. The zero-order valence-electron chi connectivity index (χ0n) is 10.4. The Hall–Kier alpha value is -2.26. The molecule has 0 saturated carbocycles. The minimum absolute atomic E-state index is 0.200. The number of terminal acetylenes is 2. The average molecular weight is 244 g/mol. The maximum atomic E-state index is 5.53. The Morgan fingerprint density at radius 2 is 1.33 bits per heavy atom. The molecule has 1 aromatic rings. The number of rotatable bonds is 7. The first kappa shape index (κ1) is 13.8. The van der Waals surface area contributed by atoms with Crippen molar-refractivity contribution in [1.29, 1.82) is 0 Å². The van der Waals surface area contributed by atoms with Gasteiger partial charge in [-0.1, -0.05) is 18.8 Å². The van der Waals surface area contributed by atoms with E-state index < -0.39 is 0 Å². The summed E-state index contributed by atoms with van der Waals surface area (Å²) >= 11 is 0. The largest absolute Gasteiger partial charge is 0.493 e. The molecular weight excluding hydrogens is 228 g/mol. The van der Waals surface area contributed by atoms with Crippen molar-refractivity contribution in [3.8, 4) is 41.9 Å². The summed E-state index contributed by atoms with van der Waals surface area (Å²) in [6.07, 6.45) is 11.2. The molecule has 0 bridgehead atoms. The maximum absolute atomic E-state index is 5.53. The van der Waals surface area contributed by atoms with Crippen LogP contribution in [0, 0.1) is 24.7 Å². The minimum Gasteiger partial charge on any atom is -0.493 e. The molecule has 3 heteroatoms. The minimum atomic E-state index is 0.200. The lowest BCUT2D eigenvalue weighted by molar-refractivity contribution is 0.306. The van der Waals surface area contributed by atoms with Crippen LogP contribution in [0.5, 0.6) is 17.2 Å². The van der Waals surface area contributed by atoms with Crippen LogP contribution in [0.15, 0.2) is 18.2 Å². The zero-order valence-corrected chi connectivity index (χ0v) is 10.4. The fourth-order valence-electron chi connectivity index (χ4n) is 1.27. The van der Waals surface area contributed by atoms with E-state index in [1.54, 1.807) is 18.2 Å². The monoisotopic (exact) mass is 244 g/mol. The van der Waals surface area contributed by atoms with Crippen LogP contribution in [0.25, 0.3) is 0 Å². The van der Waals surface area contributed by atoms with E-state index in [0.717, 1.165) is 6.42 Å². The molecule has 0 heterocycles. The van der Waals surface area contributed by atoms with Gasteiger partial charge in [0.25, 0.3) is 0 Å². The van der Waals surface area contributed by atoms with Crippen molar-refractivity contribution in [1.82, 2.24) is 0 Å². The summed E-state index contributed by atoms with van der Waals surface area (Å²) in [5.74, 6) is 6.70. The van der Waals surface area contributed by atoms with Crippen LogP contribution in [0.4, 0.5) is 0 Å². The standard InChI is InChI=1S/C15H16O3/c1-4-7-16-13-10-14(17-8-5-2)12-15(11-13)18-9-6-3/h1-2,10-12H,6-9H2,3H3.